The van der Waals surface area contributed by atoms with Crippen molar-refractivity contribution in [3.8, 4) is 11.5 Å². The minimum Gasteiger partial charge on any atom is -0.465 e. The molecule has 0 saturated heterocycles. The van der Waals surface area contributed by atoms with E-state index in [1.54, 1.807) is 42.5 Å². The molecule has 0 unspecified atom stereocenters. The molecule has 0 spiro atoms. The molecule has 0 saturated carbocycles. The largest absolute Gasteiger partial charge is 0.465 e. The van der Waals surface area contributed by atoms with E-state index in [1.165, 1.54) is 7.11 Å². The summed E-state index contributed by atoms with van der Waals surface area (Å²) in [5.74, 6) is -0.158. The monoisotopic (exact) mass is 462 g/mol. The van der Waals surface area contributed by atoms with Crippen molar-refractivity contribution < 1.29 is 18.7 Å². The number of ether oxygens (including phenoxy) is 1. The van der Waals surface area contributed by atoms with Crippen LogP contribution in [0.2, 0.25) is 5.02 Å². The smallest absolute Gasteiger partial charge is 0.339 e. The predicted molar refractivity (Wildman–Crippen MR) is 123 cm³/mol. The molecular formula is C24H19ClN4O4. The fraction of sp³-hybridized carbons (Fsp3) is 0.0833. The van der Waals surface area contributed by atoms with Crippen molar-refractivity contribution in [3.63, 3.8) is 0 Å². The van der Waals surface area contributed by atoms with Crippen LogP contribution in [0.3, 0.4) is 0 Å². The minimum absolute atomic E-state index is 0.174. The highest BCUT2D eigenvalue weighted by Gasteiger charge is 2.24. The van der Waals surface area contributed by atoms with Gasteiger partial charge in [-0.3, -0.25) is 0 Å². The summed E-state index contributed by atoms with van der Waals surface area (Å²) in [4.78, 5) is 24.9. The number of benzene rings is 3. The molecule has 0 aliphatic carbocycles. The van der Waals surface area contributed by atoms with Crippen LogP contribution in [0.1, 0.15) is 27.9 Å². The number of aromatic nitrogens is 2. The summed E-state index contributed by atoms with van der Waals surface area (Å²) in [5, 5.41) is 14.2. The Bertz CT molecular complexity index is 1280. The summed E-state index contributed by atoms with van der Waals surface area (Å²) in [7, 11) is 1.27. The number of nitrogens with zero attached hydrogens (tertiary/aromatic N) is 2. The lowest BCUT2D eigenvalue weighted by atomic mass is 10.1. The van der Waals surface area contributed by atoms with Crippen LogP contribution < -0.4 is 10.6 Å². The number of rotatable bonds is 6. The van der Waals surface area contributed by atoms with Gasteiger partial charge in [-0.05, 0) is 29.8 Å². The Balaban J connectivity index is 1.62. The summed E-state index contributed by atoms with van der Waals surface area (Å²) in [6, 6.07) is 21.5. The van der Waals surface area contributed by atoms with Crippen molar-refractivity contribution in [1.29, 1.82) is 0 Å². The Kier molecular flexibility index (Phi) is 6.66. The van der Waals surface area contributed by atoms with Gasteiger partial charge in [0.05, 0.1) is 28.9 Å². The topological polar surface area (TPSA) is 106 Å². The van der Waals surface area contributed by atoms with E-state index in [4.69, 9.17) is 20.8 Å². The first kappa shape index (κ1) is 22.0. The number of hydrogen-bond donors (Lipinski definition) is 2. The van der Waals surface area contributed by atoms with Crippen molar-refractivity contribution >= 4 is 29.3 Å². The molecule has 8 nitrogen and oxygen atoms in total. The molecule has 166 valence electrons. The number of halogens is 1. The number of carbonyl (C=O) groups excluding carboxylic acids is 2. The lowest BCUT2D eigenvalue weighted by Crippen LogP contribution is -2.34. The number of anilines is 1. The molecule has 9 heteroatoms. The third kappa shape index (κ3) is 5.02. The van der Waals surface area contributed by atoms with Gasteiger partial charge in [-0.2, -0.15) is 0 Å². The van der Waals surface area contributed by atoms with Crippen molar-refractivity contribution in [2.24, 2.45) is 0 Å². The zero-order chi connectivity index (χ0) is 23.2. The molecule has 0 aliphatic heterocycles. The van der Waals surface area contributed by atoms with Crippen LogP contribution in [0.25, 0.3) is 11.5 Å². The van der Waals surface area contributed by atoms with Gasteiger partial charge in [-0.25, -0.2) is 9.59 Å². The van der Waals surface area contributed by atoms with E-state index in [0.717, 1.165) is 5.56 Å². The summed E-state index contributed by atoms with van der Waals surface area (Å²) in [5.41, 5.74) is 1.84. The first-order valence-electron chi connectivity index (χ1n) is 9.95. The van der Waals surface area contributed by atoms with Gasteiger partial charge < -0.3 is 19.8 Å². The summed E-state index contributed by atoms with van der Waals surface area (Å²) < 4.78 is 10.7. The normalized spacial score (nSPS) is 11.5. The van der Waals surface area contributed by atoms with E-state index in [1.807, 2.05) is 36.4 Å². The van der Waals surface area contributed by atoms with Crippen LogP contribution in [0, 0.1) is 0 Å². The second-order valence-electron chi connectivity index (χ2n) is 6.90. The van der Waals surface area contributed by atoms with Gasteiger partial charge in [0.1, 0.15) is 6.04 Å². The fourth-order valence-corrected chi connectivity index (χ4v) is 3.41. The molecule has 4 rings (SSSR count). The van der Waals surface area contributed by atoms with Gasteiger partial charge in [0, 0.05) is 0 Å². The van der Waals surface area contributed by atoms with Crippen molar-refractivity contribution in [1.82, 2.24) is 15.5 Å². The molecule has 33 heavy (non-hydrogen) atoms. The van der Waals surface area contributed by atoms with Gasteiger partial charge >= 0.3 is 12.0 Å². The highest BCUT2D eigenvalue weighted by Crippen LogP contribution is 2.29. The molecule has 3 aromatic carbocycles. The average molecular weight is 463 g/mol. The van der Waals surface area contributed by atoms with E-state index >= 15 is 0 Å². The van der Waals surface area contributed by atoms with E-state index < -0.39 is 18.0 Å². The quantitative estimate of drug-likeness (QED) is 0.387. The molecule has 1 heterocycles. The Morgan fingerprint density at radius 3 is 2.39 bits per heavy atom. The van der Waals surface area contributed by atoms with Gasteiger partial charge in [0.2, 0.25) is 11.8 Å². The maximum absolute atomic E-state index is 12.9. The average Bonchev–Trinajstić information content (AvgIpc) is 3.33. The molecule has 0 bridgehead atoms. The number of methoxy groups -OCH3 is 1. The zero-order valence-electron chi connectivity index (χ0n) is 17.5. The van der Waals surface area contributed by atoms with Crippen LogP contribution in [0.15, 0.2) is 83.3 Å². The molecule has 4 aromatic rings. The number of esters is 1. The molecule has 2 N–H and O–H groups in total. The van der Waals surface area contributed by atoms with Crippen molar-refractivity contribution in [2.45, 2.75) is 6.04 Å². The van der Waals surface area contributed by atoms with E-state index in [2.05, 4.69) is 20.8 Å². The maximum Gasteiger partial charge on any atom is 0.339 e. The van der Waals surface area contributed by atoms with Gasteiger partial charge in [-0.15, -0.1) is 10.2 Å². The number of amides is 2. The third-order valence-electron chi connectivity index (χ3n) is 4.78. The first-order valence-corrected chi connectivity index (χ1v) is 10.3. The number of hydrogen-bond acceptors (Lipinski definition) is 6. The predicted octanol–water partition coefficient (Wildman–Crippen LogP) is 5.09. The van der Waals surface area contributed by atoms with Gasteiger partial charge in [0.25, 0.3) is 0 Å². The van der Waals surface area contributed by atoms with Crippen molar-refractivity contribution in [3.05, 3.63) is 101 Å². The van der Waals surface area contributed by atoms with E-state index in [-0.39, 0.29) is 17.3 Å². The SMILES string of the molecule is COC(=O)c1ccccc1NC(=O)N[C@@H](c1ccccc1)c1nnc(-c2ccccc2Cl)o1. The molecule has 0 aliphatic rings. The Labute approximate surface area is 194 Å². The third-order valence-corrected chi connectivity index (χ3v) is 5.11. The minimum atomic E-state index is -0.750. The molecule has 1 atom stereocenters. The number of carbonyl (C=O) groups is 2. The Morgan fingerprint density at radius 1 is 0.939 bits per heavy atom. The summed E-state index contributed by atoms with van der Waals surface area (Å²) >= 11 is 6.25. The first-order chi connectivity index (χ1) is 16.1. The van der Waals surface area contributed by atoms with Gasteiger partial charge in [0.15, 0.2) is 0 Å². The Hall–Kier alpha value is -4.17. The second-order valence-corrected chi connectivity index (χ2v) is 7.31. The molecule has 1 aromatic heterocycles. The lowest BCUT2D eigenvalue weighted by Gasteiger charge is -2.17. The van der Waals surface area contributed by atoms with E-state index in [9.17, 15) is 9.59 Å². The number of urea groups is 1. The van der Waals surface area contributed by atoms with E-state index in [0.29, 0.717) is 16.3 Å². The second kappa shape index (κ2) is 9.97. The molecule has 0 radical (unpaired) electrons. The molecular weight excluding hydrogens is 444 g/mol. The highest BCUT2D eigenvalue weighted by molar-refractivity contribution is 6.33. The fourth-order valence-electron chi connectivity index (χ4n) is 3.20. The Morgan fingerprint density at radius 2 is 1.64 bits per heavy atom. The highest BCUT2D eigenvalue weighted by atomic mass is 35.5. The van der Waals surface area contributed by atoms with Crippen LogP contribution in [0.5, 0.6) is 0 Å². The maximum atomic E-state index is 12.9. The van der Waals surface area contributed by atoms with Crippen LogP contribution >= 0.6 is 11.6 Å². The summed E-state index contributed by atoms with van der Waals surface area (Å²) in [6.45, 7) is 0. The number of nitrogens with one attached hydrogen (secondary N) is 2. The molecule has 0 fully saturated rings. The number of para-hydroxylation sites is 1. The van der Waals surface area contributed by atoms with Crippen LogP contribution in [-0.4, -0.2) is 29.3 Å². The molecule has 2 amide bonds. The van der Waals surface area contributed by atoms with Crippen LogP contribution in [0.4, 0.5) is 10.5 Å². The van der Waals surface area contributed by atoms with Crippen LogP contribution in [-0.2, 0) is 4.74 Å². The zero-order valence-corrected chi connectivity index (χ0v) is 18.2. The van der Waals surface area contributed by atoms with Crippen molar-refractivity contribution in [2.75, 3.05) is 12.4 Å². The standard InChI is InChI=1S/C24H19ClN4O4/c1-32-23(30)17-12-6-8-14-19(17)26-24(31)27-20(15-9-3-2-4-10-15)22-29-28-21(33-22)16-11-5-7-13-18(16)25/h2-14,20H,1H3,(H2,26,27,31)/t20-/m0/s1. The summed E-state index contributed by atoms with van der Waals surface area (Å²) in [6.07, 6.45) is 0. The van der Waals surface area contributed by atoms with Gasteiger partial charge in [-0.1, -0.05) is 66.2 Å². The lowest BCUT2D eigenvalue weighted by molar-refractivity contribution is 0.0602.